The van der Waals surface area contributed by atoms with Gasteiger partial charge in [0.05, 0.1) is 0 Å². The fourth-order valence-electron chi connectivity index (χ4n) is 1.90. The van der Waals surface area contributed by atoms with Gasteiger partial charge in [0.1, 0.15) is 0 Å². The van der Waals surface area contributed by atoms with Crippen molar-refractivity contribution in [3.8, 4) is 0 Å². The first-order chi connectivity index (χ1) is 5.36. The summed E-state index contributed by atoms with van der Waals surface area (Å²) in [7, 11) is 0. The lowest BCUT2D eigenvalue weighted by molar-refractivity contribution is 0.340. The molecule has 1 fully saturated rings. The number of nitrogens with zero attached hydrogens (tertiary/aromatic N) is 1. The number of hydrogen-bond donors (Lipinski definition) is 1. The highest BCUT2D eigenvalue weighted by atomic mass is 32.1. The quantitative estimate of drug-likeness (QED) is 0.637. The van der Waals surface area contributed by atoms with Crippen molar-refractivity contribution in [3.05, 3.63) is 0 Å². The molecule has 0 saturated carbocycles. The van der Waals surface area contributed by atoms with Gasteiger partial charge < -0.3 is 4.90 Å². The summed E-state index contributed by atoms with van der Waals surface area (Å²) >= 11 is 4.24. The minimum atomic E-state index is 0.986. The number of hydrogen-bond acceptors (Lipinski definition) is 2. The molecule has 1 rings (SSSR count). The zero-order valence-corrected chi connectivity index (χ0v) is 8.32. The topological polar surface area (TPSA) is 3.24 Å². The standard InChI is InChI=1S/C9H19NS/c1-2-3-9-4-5-10(8-9)6-7-11/h9,11H,2-8H2,1H3. The van der Waals surface area contributed by atoms with Crippen LogP contribution in [-0.4, -0.2) is 30.3 Å². The second-order valence-corrected chi connectivity index (χ2v) is 3.91. The lowest BCUT2D eigenvalue weighted by Crippen LogP contribution is -2.22. The minimum Gasteiger partial charge on any atom is -0.302 e. The van der Waals surface area contributed by atoms with Gasteiger partial charge in [0.15, 0.2) is 0 Å². The van der Waals surface area contributed by atoms with Crippen LogP contribution in [0.3, 0.4) is 0 Å². The summed E-state index contributed by atoms with van der Waals surface area (Å²) in [6.07, 6.45) is 4.18. The Morgan fingerprint density at radius 3 is 3.00 bits per heavy atom. The molecule has 0 amide bonds. The van der Waals surface area contributed by atoms with Crippen molar-refractivity contribution in [2.24, 2.45) is 5.92 Å². The Kier molecular flexibility index (Phi) is 4.31. The van der Waals surface area contributed by atoms with Gasteiger partial charge in [-0.05, 0) is 25.3 Å². The van der Waals surface area contributed by atoms with Gasteiger partial charge in [-0.3, -0.25) is 0 Å². The summed E-state index contributed by atoms with van der Waals surface area (Å²) < 4.78 is 0. The van der Waals surface area contributed by atoms with Gasteiger partial charge in [-0.1, -0.05) is 13.3 Å². The highest BCUT2D eigenvalue weighted by molar-refractivity contribution is 7.80. The van der Waals surface area contributed by atoms with Gasteiger partial charge >= 0.3 is 0 Å². The van der Waals surface area contributed by atoms with Crippen molar-refractivity contribution in [3.63, 3.8) is 0 Å². The molecule has 0 bridgehead atoms. The zero-order chi connectivity index (χ0) is 8.10. The summed E-state index contributed by atoms with van der Waals surface area (Å²) in [5.74, 6) is 2.00. The van der Waals surface area contributed by atoms with E-state index in [1.54, 1.807) is 0 Å². The highest BCUT2D eigenvalue weighted by Crippen LogP contribution is 2.20. The molecule has 0 aliphatic carbocycles. The predicted octanol–water partition coefficient (Wildman–Crippen LogP) is 2.04. The van der Waals surface area contributed by atoms with E-state index in [0.29, 0.717) is 0 Å². The SMILES string of the molecule is CCCC1CCN(CCS)C1. The van der Waals surface area contributed by atoms with E-state index in [9.17, 15) is 0 Å². The molecule has 0 aromatic heterocycles. The maximum Gasteiger partial charge on any atom is 0.00699 e. The van der Waals surface area contributed by atoms with E-state index in [-0.39, 0.29) is 0 Å². The van der Waals surface area contributed by atoms with Gasteiger partial charge in [-0.2, -0.15) is 12.6 Å². The van der Waals surface area contributed by atoms with Gasteiger partial charge in [0.25, 0.3) is 0 Å². The molecule has 1 aliphatic rings. The molecule has 1 atom stereocenters. The van der Waals surface area contributed by atoms with Crippen LogP contribution in [-0.2, 0) is 0 Å². The second kappa shape index (κ2) is 5.04. The predicted molar refractivity (Wildman–Crippen MR) is 53.3 cm³/mol. The van der Waals surface area contributed by atoms with Gasteiger partial charge in [-0.25, -0.2) is 0 Å². The Bertz CT molecular complexity index is 93.7. The zero-order valence-electron chi connectivity index (χ0n) is 7.42. The van der Waals surface area contributed by atoms with Crippen LogP contribution in [0.4, 0.5) is 0 Å². The van der Waals surface area contributed by atoms with Crippen molar-refractivity contribution in [2.45, 2.75) is 26.2 Å². The summed E-state index contributed by atoms with van der Waals surface area (Å²) in [6.45, 7) is 6.10. The minimum absolute atomic E-state index is 0.986. The molecule has 66 valence electrons. The van der Waals surface area contributed by atoms with E-state index in [1.165, 1.54) is 38.9 Å². The fraction of sp³-hybridized carbons (Fsp3) is 1.00. The third-order valence-corrected chi connectivity index (χ3v) is 2.68. The molecule has 0 radical (unpaired) electrons. The lowest BCUT2D eigenvalue weighted by atomic mass is 10.0. The molecule has 0 aromatic rings. The first-order valence-corrected chi connectivity index (χ1v) is 5.33. The van der Waals surface area contributed by atoms with Crippen LogP contribution in [0.1, 0.15) is 26.2 Å². The van der Waals surface area contributed by atoms with Crippen molar-refractivity contribution < 1.29 is 0 Å². The Morgan fingerprint density at radius 1 is 1.55 bits per heavy atom. The normalized spacial score (nSPS) is 26.2. The van der Waals surface area contributed by atoms with Crippen LogP contribution < -0.4 is 0 Å². The van der Waals surface area contributed by atoms with E-state index >= 15 is 0 Å². The number of likely N-dealkylation sites (tertiary alicyclic amines) is 1. The molecular formula is C9H19NS. The van der Waals surface area contributed by atoms with Crippen LogP contribution in [0.25, 0.3) is 0 Å². The third kappa shape index (κ3) is 3.04. The molecule has 0 aromatic carbocycles. The van der Waals surface area contributed by atoms with E-state index < -0.39 is 0 Å². The van der Waals surface area contributed by atoms with Crippen molar-refractivity contribution in [1.29, 1.82) is 0 Å². The van der Waals surface area contributed by atoms with Crippen LogP contribution in [0, 0.1) is 5.92 Å². The van der Waals surface area contributed by atoms with Crippen LogP contribution in [0.15, 0.2) is 0 Å². The largest absolute Gasteiger partial charge is 0.302 e. The highest BCUT2D eigenvalue weighted by Gasteiger charge is 2.20. The summed E-state index contributed by atoms with van der Waals surface area (Å²) in [5, 5.41) is 0. The molecule has 1 nitrogen and oxygen atoms in total. The van der Waals surface area contributed by atoms with Crippen LogP contribution >= 0.6 is 12.6 Å². The van der Waals surface area contributed by atoms with Gasteiger partial charge in [0, 0.05) is 18.8 Å². The average molecular weight is 173 g/mol. The third-order valence-electron chi connectivity index (χ3n) is 2.48. The average Bonchev–Trinajstić information content (AvgIpc) is 2.38. The smallest absolute Gasteiger partial charge is 0.00699 e. The monoisotopic (exact) mass is 173 g/mol. The van der Waals surface area contributed by atoms with Crippen molar-refractivity contribution in [1.82, 2.24) is 4.90 Å². The second-order valence-electron chi connectivity index (χ2n) is 3.47. The van der Waals surface area contributed by atoms with Crippen LogP contribution in [0.2, 0.25) is 0 Å². The van der Waals surface area contributed by atoms with Gasteiger partial charge in [-0.15, -0.1) is 0 Å². The van der Waals surface area contributed by atoms with E-state index in [2.05, 4.69) is 24.5 Å². The van der Waals surface area contributed by atoms with E-state index in [4.69, 9.17) is 0 Å². The molecule has 0 N–H and O–H groups in total. The Hall–Kier alpha value is 0.310. The van der Waals surface area contributed by atoms with Crippen LogP contribution in [0.5, 0.6) is 0 Å². The van der Waals surface area contributed by atoms with Gasteiger partial charge in [0.2, 0.25) is 0 Å². The molecule has 1 heterocycles. The lowest BCUT2D eigenvalue weighted by Gasteiger charge is -2.13. The summed E-state index contributed by atoms with van der Waals surface area (Å²) in [6, 6.07) is 0. The molecule has 0 spiro atoms. The molecule has 1 aliphatic heterocycles. The Morgan fingerprint density at radius 2 is 2.36 bits per heavy atom. The molecule has 1 unspecified atom stereocenters. The van der Waals surface area contributed by atoms with E-state index in [1.807, 2.05) is 0 Å². The molecule has 11 heavy (non-hydrogen) atoms. The first kappa shape index (κ1) is 9.40. The number of thiol groups is 1. The first-order valence-electron chi connectivity index (χ1n) is 4.70. The maximum absolute atomic E-state index is 4.24. The fourth-order valence-corrected chi connectivity index (χ4v) is 2.18. The van der Waals surface area contributed by atoms with Crippen molar-refractivity contribution in [2.75, 3.05) is 25.4 Å². The molecular weight excluding hydrogens is 154 g/mol. The Labute approximate surface area is 75.6 Å². The number of rotatable bonds is 4. The summed E-state index contributed by atoms with van der Waals surface area (Å²) in [4.78, 5) is 2.54. The Balaban J connectivity index is 2.12. The van der Waals surface area contributed by atoms with Crippen molar-refractivity contribution >= 4 is 12.6 Å². The molecule has 1 saturated heterocycles. The maximum atomic E-state index is 4.24. The molecule has 2 heteroatoms. The summed E-state index contributed by atoms with van der Waals surface area (Å²) in [5.41, 5.74) is 0. The van der Waals surface area contributed by atoms with E-state index in [0.717, 1.165) is 11.7 Å².